The Kier molecular flexibility index (Phi) is 8.42. The number of hydrogen-bond acceptors (Lipinski definition) is 2. The lowest BCUT2D eigenvalue weighted by molar-refractivity contribution is -0.928. The minimum Gasteiger partial charge on any atom is -0.324 e. The van der Waals surface area contributed by atoms with E-state index in [0.717, 1.165) is 6.42 Å². The Labute approximate surface area is 160 Å². The lowest BCUT2D eigenvalue weighted by Crippen LogP contribution is -2.50. The zero-order chi connectivity index (χ0) is 18.9. The van der Waals surface area contributed by atoms with Gasteiger partial charge in [0.05, 0.1) is 32.4 Å². The Balaban J connectivity index is 1.80. The highest BCUT2D eigenvalue weighted by molar-refractivity contribution is 7.92. The largest absolute Gasteiger partial charge is 0.324 e. The van der Waals surface area contributed by atoms with E-state index < -0.39 is 10.0 Å². The van der Waals surface area contributed by atoms with Crippen LogP contribution in [0.1, 0.15) is 63.9 Å². The van der Waals surface area contributed by atoms with Gasteiger partial charge in [0, 0.05) is 5.69 Å². The molecule has 26 heavy (non-hydrogen) atoms. The highest BCUT2D eigenvalue weighted by atomic mass is 32.2. The van der Waals surface area contributed by atoms with Crippen LogP contribution in [0.25, 0.3) is 0 Å². The molecular weight excluding hydrogens is 344 g/mol. The molecule has 1 N–H and O–H groups in total. The van der Waals surface area contributed by atoms with Crippen LogP contribution in [0.2, 0.25) is 0 Å². The average molecular weight is 382 g/mol. The average Bonchev–Trinajstić information content (AvgIpc) is 2.83. The molecule has 0 aromatic heterocycles. The van der Waals surface area contributed by atoms with Crippen LogP contribution in [-0.2, 0) is 16.4 Å². The number of rotatable bonds is 10. The maximum Gasteiger partial charge on any atom is 0.229 e. The molecule has 0 aliphatic carbocycles. The van der Waals surface area contributed by atoms with Crippen molar-refractivity contribution < 1.29 is 12.9 Å². The Morgan fingerprint density at radius 2 is 1.54 bits per heavy atom. The predicted octanol–water partition coefficient (Wildman–Crippen LogP) is 4.57. The van der Waals surface area contributed by atoms with E-state index in [1.807, 2.05) is 24.3 Å². The molecule has 1 aliphatic heterocycles. The van der Waals surface area contributed by atoms with E-state index in [1.165, 1.54) is 93.8 Å². The molecule has 0 saturated carbocycles. The summed E-state index contributed by atoms with van der Waals surface area (Å²) in [6.07, 6.45) is 13.0. The number of sulfonamides is 1. The number of nitrogens with one attached hydrogen (secondary N) is 1. The van der Waals surface area contributed by atoms with Gasteiger partial charge in [-0.2, -0.15) is 0 Å². The van der Waals surface area contributed by atoms with Crippen molar-refractivity contribution in [1.82, 2.24) is 0 Å². The molecule has 0 amide bonds. The highest BCUT2D eigenvalue weighted by Crippen LogP contribution is 2.21. The molecule has 0 spiro atoms. The number of nitrogens with zero attached hydrogens (tertiary/aromatic N) is 1. The summed E-state index contributed by atoms with van der Waals surface area (Å²) in [6.45, 7) is 7.75. The molecule has 1 heterocycles. The monoisotopic (exact) mass is 381 g/mol. The second kappa shape index (κ2) is 10.3. The zero-order valence-electron chi connectivity index (χ0n) is 16.7. The van der Waals surface area contributed by atoms with Crippen molar-refractivity contribution in [3.05, 3.63) is 29.8 Å². The van der Waals surface area contributed by atoms with Crippen molar-refractivity contribution in [2.24, 2.45) is 0 Å². The van der Waals surface area contributed by atoms with Gasteiger partial charge in [-0.3, -0.25) is 4.72 Å². The van der Waals surface area contributed by atoms with E-state index in [9.17, 15) is 8.42 Å². The molecule has 1 fully saturated rings. The summed E-state index contributed by atoms with van der Waals surface area (Å²) >= 11 is 0. The van der Waals surface area contributed by atoms with Gasteiger partial charge < -0.3 is 4.48 Å². The van der Waals surface area contributed by atoms with Crippen LogP contribution in [0, 0.1) is 0 Å². The maximum atomic E-state index is 11.3. The summed E-state index contributed by atoms with van der Waals surface area (Å²) in [5, 5.41) is 0. The van der Waals surface area contributed by atoms with Gasteiger partial charge in [0.25, 0.3) is 0 Å². The summed E-state index contributed by atoms with van der Waals surface area (Å²) in [5.74, 6) is 0. The van der Waals surface area contributed by atoms with Crippen molar-refractivity contribution in [2.45, 2.75) is 64.7 Å². The first-order valence-electron chi connectivity index (χ1n) is 10.3. The molecule has 4 nitrogen and oxygen atoms in total. The van der Waals surface area contributed by atoms with E-state index >= 15 is 0 Å². The Hall–Kier alpha value is -1.07. The van der Waals surface area contributed by atoms with Crippen LogP contribution in [0.3, 0.4) is 0 Å². The first-order chi connectivity index (χ1) is 12.4. The fraction of sp³-hybridized carbons (Fsp3) is 0.714. The van der Waals surface area contributed by atoms with E-state index in [-0.39, 0.29) is 0 Å². The molecule has 1 aromatic carbocycles. The number of hydrogen-bond donors (Lipinski definition) is 1. The van der Waals surface area contributed by atoms with Crippen LogP contribution in [0.5, 0.6) is 0 Å². The summed E-state index contributed by atoms with van der Waals surface area (Å²) in [7, 11) is -3.19. The second-order valence-corrected chi connectivity index (χ2v) is 9.78. The van der Waals surface area contributed by atoms with Gasteiger partial charge in [0.15, 0.2) is 0 Å². The number of anilines is 1. The minimum atomic E-state index is -3.19. The summed E-state index contributed by atoms with van der Waals surface area (Å²) < 4.78 is 26.4. The van der Waals surface area contributed by atoms with E-state index in [4.69, 9.17) is 0 Å². The van der Waals surface area contributed by atoms with Gasteiger partial charge in [-0.05, 0) is 69.1 Å². The van der Waals surface area contributed by atoms with Gasteiger partial charge in [-0.1, -0.05) is 25.5 Å². The topological polar surface area (TPSA) is 46.2 Å². The Bertz CT molecular complexity index is 618. The predicted molar refractivity (Wildman–Crippen MR) is 111 cm³/mol. The molecular formula is C21H37N2O2S+. The third kappa shape index (κ3) is 7.67. The van der Waals surface area contributed by atoms with Crippen molar-refractivity contribution in [2.75, 3.05) is 37.2 Å². The molecule has 2 rings (SSSR count). The van der Waals surface area contributed by atoms with Crippen molar-refractivity contribution in [1.29, 1.82) is 0 Å². The molecule has 1 saturated heterocycles. The van der Waals surface area contributed by atoms with Crippen LogP contribution in [-0.4, -0.2) is 45.3 Å². The number of aryl methyl sites for hydroxylation is 1. The van der Waals surface area contributed by atoms with Crippen LogP contribution in [0.15, 0.2) is 24.3 Å². The normalized spacial score (nSPS) is 17.6. The second-order valence-electron chi connectivity index (χ2n) is 8.03. The highest BCUT2D eigenvalue weighted by Gasteiger charge is 2.27. The number of benzene rings is 1. The number of likely N-dealkylation sites (tertiary alicyclic amines) is 1. The minimum absolute atomic E-state index is 0.643. The Morgan fingerprint density at radius 1 is 0.923 bits per heavy atom. The Morgan fingerprint density at radius 3 is 2.12 bits per heavy atom. The lowest BCUT2D eigenvalue weighted by atomic mass is 10.1. The molecule has 0 radical (unpaired) electrons. The summed E-state index contributed by atoms with van der Waals surface area (Å²) in [6, 6.07) is 7.81. The third-order valence-corrected chi connectivity index (χ3v) is 6.21. The maximum absolute atomic E-state index is 11.3. The van der Waals surface area contributed by atoms with Crippen molar-refractivity contribution in [3.8, 4) is 0 Å². The van der Waals surface area contributed by atoms with Gasteiger partial charge in [0.2, 0.25) is 10.0 Å². The van der Waals surface area contributed by atoms with E-state index in [1.54, 1.807) is 0 Å². The van der Waals surface area contributed by atoms with E-state index in [2.05, 4.69) is 11.6 Å². The molecule has 0 atom stereocenters. The van der Waals surface area contributed by atoms with Crippen molar-refractivity contribution >= 4 is 15.7 Å². The molecule has 0 bridgehead atoms. The van der Waals surface area contributed by atoms with Crippen LogP contribution >= 0.6 is 0 Å². The molecule has 1 aliphatic rings. The molecule has 0 unspecified atom stereocenters. The fourth-order valence-corrected chi connectivity index (χ4v) is 4.71. The van der Waals surface area contributed by atoms with Gasteiger partial charge in [-0.15, -0.1) is 0 Å². The number of quaternary nitrogens is 1. The van der Waals surface area contributed by atoms with Gasteiger partial charge in [0.1, 0.15) is 0 Å². The SMILES string of the molecule is CCCC[N+]1(CCCCc2ccc(NS(C)(=O)=O)cc2)CCCCCC1. The first-order valence-corrected chi connectivity index (χ1v) is 12.2. The third-order valence-electron chi connectivity index (χ3n) is 5.61. The van der Waals surface area contributed by atoms with Crippen LogP contribution < -0.4 is 4.72 Å². The van der Waals surface area contributed by atoms with Crippen LogP contribution in [0.4, 0.5) is 5.69 Å². The molecule has 5 heteroatoms. The van der Waals surface area contributed by atoms with Crippen molar-refractivity contribution in [3.63, 3.8) is 0 Å². The standard InChI is InChI=1S/C21H37N2O2S/c1-3-4-16-23(17-8-5-6-9-18-23)19-10-7-11-20-12-14-21(15-13-20)22-26(2,24)25/h12-15,22H,3-11,16-19H2,1-2H3/q+1. The van der Waals surface area contributed by atoms with Gasteiger partial charge in [-0.25, -0.2) is 8.42 Å². The molecule has 148 valence electrons. The fourth-order valence-electron chi connectivity index (χ4n) is 4.14. The molecule has 1 aromatic rings. The lowest BCUT2D eigenvalue weighted by Gasteiger charge is -2.38. The summed E-state index contributed by atoms with van der Waals surface area (Å²) in [4.78, 5) is 0. The smallest absolute Gasteiger partial charge is 0.229 e. The first kappa shape index (κ1) is 21.2. The quantitative estimate of drug-likeness (QED) is 0.476. The summed E-state index contributed by atoms with van der Waals surface area (Å²) in [5.41, 5.74) is 1.94. The van der Waals surface area contributed by atoms with E-state index in [0.29, 0.717) is 5.69 Å². The number of unbranched alkanes of at least 4 members (excludes halogenated alkanes) is 2. The zero-order valence-corrected chi connectivity index (χ0v) is 17.5. The van der Waals surface area contributed by atoms with Gasteiger partial charge >= 0.3 is 0 Å².